The fourth-order valence-corrected chi connectivity index (χ4v) is 3.86. The molecular formula is C19H21NS. The van der Waals surface area contributed by atoms with Crippen LogP contribution in [0.2, 0.25) is 0 Å². The topological polar surface area (TPSA) is 12.0 Å². The number of hydrogen-bond acceptors (Lipinski definition) is 2. The molecule has 0 spiro atoms. The minimum absolute atomic E-state index is 0.395. The van der Waals surface area contributed by atoms with Gasteiger partial charge >= 0.3 is 0 Å². The number of aryl methyl sites for hydroxylation is 1. The van der Waals surface area contributed by atoms with Crippen molar-refractivity contribution in [1.29, 1.82) is 0 Å². The molecule has 0 fully saturated rings. The van der Waals surface area contributed by atoms with E-state index in [0.717, 1.165) is 13.0 Å². The summed E-state index contributed by atoms with van der Waals surface area (Å²) < 4.78 is 0. The third kappa shape index (κ3) is 3.02. The number of fused-ring (bicyclic) bond motifs is 1. The average molecular weight is 295 g/mol. The normalized spacial score (nSPS) is 12.7. The van der Waals surface area contributed by atoms with Crippen molar-refractivity contribution in [1.82, 2.24) is 5.32 Å². The first kappa shape index (κ1) is 14.3. The lowest BCUT2D eigenvalue weighted by molar-refractivity contribution is 0.550. The van der Waals surface area contributed by atoms with Crippen LogP contribution < -0.4 is 5.32 Å². The first-order valence-corrected chi connectivity index (χ1v) is 8.46. The summed E-state index contributed by atoms with van der Waals surface area (Å²) in [6.07, 6.45) is 1.03. The summed E-state index contributed by atoms with van der Waals surface area (Å²) in [4.78, 5) is 0. The largest absolute Gasteiger partial charge is 0.310 e. The number of hydrogen-bond donors (Lipinski definition) is 1. The smallest absolute Gasteiger partial charge is 0.0371 e. The maximum atomic E-state index is 3.65. The van der Waals surface area contributed by atoms with E-state index in [-0.39, 0.29) is 0 Å². The predicted molar refractivity (Wildman–Crippen MR) is 93.1 cm³/mol. The van der Waals surface area contributed by atoms with Gasteiger partial charge in [0.2, 0.25) is 0 Å². The lowest BCUT2D eigenvalue weighted by Crippen LogP contribution is -2.23. The summed E-state index contributed by atoms with van der Waals surface area (Å²) in [7, 11) is 0. The molecule has 0 amide bonds. The quantitative estimate of drug-likeness (QED) is 0.690. The van der Waals surface area contributed by atoms with Crippen LogP contribution >= 0.6 is 11.3 Å². The second-order valence-corrected chi connectivity index (χ2v) is 6.21. The van der Waals surface area contributed by atoms with E-state index in [9.17, 15) is 0 Å². The second kappa shape index (κ2) is 6.42. The van der Waals surface area contributed by atoms with E-state index in [0.29, 0.717) is 6.04 Å². The Morgan fingerprint density at radius 3 is 2.62 bits per heavy atom. The van der Waals surface area contributed by atoms with Crippen molar-refractivity contribution in [3.05, 3.63) is 69.9 Å². The van der Waals surface area contributed by atoms with Crippen molar-refractivity contribution in [2.75, 3.05) is 6.54 Å². The molecule has 1 atom stereocenters. The number of likely N-dealkylation sites (N-methyl/N-ethyl adjacent to an activating group) is 1. The Kier molecular flexibility index (Phi) is 4.37. The molecule has 2 heteroatoms. The van der Waals surface area contributed by atoms with Gasteiger partial charge in [-0.2, -0.15) is 11.3 Å². The van der Waals surface area contributed by atoms with Gasteiger partial charge < -0.3 is 5.32 Å². The Hall–Kier alpha value is -1.64. The van der Waals surface area contributed by atoms with Gasteiger partial charge in [0.1, 0.15) is 0 Å². The predicted octanol–water partition coefficient (Wildman–Crippen LogP) is 5.10. The molecule has 21 heavy (non-hydrogen) atoms. The van der Waals surface area contributed by atoms with E-state index in [1.165, 1.54) is 27.5 Å². The molecule has 1 heterocycles. The van der Waals surface area contributed by atoms with Gasteiger partial charge in [-0.05, 0) is 58.1 Å². The Morgan fingerprint density at radius 2 is 1.86 bits per heavy atom. The molecule has 1 N–H and O–H groups in total. The van der Waals surface area contributed by atoms with Crippen molar-refractivity contribution in [2.24, 2.45) is 0 Å². The Bertz CT molecular complexity index is 724. The van der Waals surface area contributed by atoms with E-state index >= 15 is 0 Å². The monoisotopic (exact) mass is 295 g/mol. The average Bonchev–Trinajstić information content (AvgIpc) is 2.93. The third-order valence-corrected chi connectivity index (χ3v) is 4.90. The van der Waals surface area contributed by atoms with Crippen LogP contribution in [0.25, 0.3) is 10.8 Å². The first-order valence-electron chi connectivity index (χ1n) is 7.52. The molecule has 0 aliphatic carbocycles. The molecule has 1 aromatic heterocycles. The number of benzene rings is 2. The molecule has 0 saturated carbocycles. The zero-order chi connectivity index (χ0) is 14.7. The molecule has 3 rings (SSSR count). The lowest BCUT2D eigenvalue weighted by atomic mass is 9.95. The van der Waals surface area contributed by atoms with E-state index in [4.69, 9.17) is 0 Å². The van der Waals surface area contributed by atoms with E-state index in [1.54, 1.807) is 11.3 Å². The van der Waals surface area contributed by atoms with Gasteiger partial charge in [-0.1, -0.05) is 49.4 Å². The summed E-state index contributed by atoms with van der Waals surface area (Å²) in [5.41, 5.74) is 4.26. The summed E-state index contributed by atoms with van der Waals surface area (Å²) in [5.74, 6) is 0. The van der Waals surface area contributed by atoms with Crippen LogP contribution in [-0.4, -0.2) is 6.54 Å². The van der Waals surface area contributed by atoms with Gasteiger partial charge in [-0.15, -0.1) is 0 Å². The standard InChI is InChI=1S/C19H21NS/c1-3-20-19(18-13-21-12-14(18)2)11-16-9-6-8-15-7-4-5-10-17(15)16/h4-10,12-13,19-20H,3,11H2,1-2H3. The van der Waals surface area contributed by atoms with Gasteiger partial charge in [-0.3, -0.25) is 0 Å². The van der Waals surface area contributed by atoms with Crippen LogP contribution in [0.4, 0.5) is 0 Å². The van der Waals surface area contributed by atoms with Crippen molar-refractivity contribution in [3.8, 4) is 0 Å². The van der Waals surface area contributed by atoms with E-state index in [1.807, 2.05) is 0 Å². The van der Waals surface area contributed by atoms with Gasteiger partial charge in [0.25, 0.3) is 0 Å². The summed E-state index contributed by atoms with van der Waals surface area (Å²) in [5, 5.41) is 10.9. The zero-order valence-corrected chi connectivity index (χ0v) is 13.4. The fourth-order valence-electron chi connectivity index (χ4n) is 2.96. The highest BCUT2D eigenvalue weighted by atomic mass is 32.1. The highest BCUT2D eigenvalue weighted by Gasteiger charge is 2.15. The van der Waals surface area contributed by atoms with Crippen LogP contribution in [0.15, 0.2) is 53.2 Å². The van der Waals surface area contributed by atoms with Crippen LogP contribution in [0.5, 0.6) is 0 Å². The molecular weight excluding hydrogens is 274 g/mol. The van der Waals surface area contributed by atoms with E-state index < -0.39 is 0 Å². The Balaban J connectivity index is 1.97. The lowest BCUT2D eigenvalue weighted by Gasteiger charge is -2.19. The van der Waals surface area contributed by atoms with Crippen LogP contribution in [-0.2, 0) is 6.42 Å². The molecule has 0 aliphatic heterocycles. The number of rotatable bonds is 5. The van der Waals surface area contributed by atoms with Crippen LogP contribution in [0, 0.1) is 6.92 Å². The highest BCUT2D eigenvalue weighted by molar-refractivity contribution is 7.08. The summed E-state index contributed by atoms with van der Waals surface area (Å²) >= 11 is 1.79. The molecule has 108 valence electrons. The van der Waals surface area contributed by atoms with Crippen molar-refractivity contribution < 1.29 is 0 Å². The second-order valence-electron chi connectivity index (χ2n) is 5.46. The van der Waals surface area contributed by atoms with Gasteiger partial charge in [0.15, 0.2) is 0 Å². The fraction of sp³-hybridized carbons (Fsp3) is 0.263. The minimum atomic E-state index is 0.395. The molecule has 0 aliphatic rings. The molecule has 0 saturated heterocycles. The maximum Gasteiger partial charge on any atom is 0.0371 e. The first-order chi connectivity index (χ1) is 10.3. The van der Waals surface area contributed by atoms with Crippen LogP contribution in [0.1, 0.15) is 29.7 Å². The Labute approximate surface area is 130 Å². The highest BCUT2D eigenvalue weighted by Crippen LogP contribution is 2.28. The third-order valence-electron chi connectivity index (χ3n) is 4.03. The summed E-state index contributed by atoms with van der Waals surface area (Å²) in [6, 6.07) is 15.7. The molecule has 1 unspecified atom stereocenters. The molecule has 3 aromatic rings. The van der Waals surface area contributed by atoms with Crippen molar-refractivity contribution in [3.63, 3.8) is 0 Å². The van der Waals surface area contributed by atoms with Crippen molar-refractivity contribution >= 4 is 22.1 Å². The summed E-state index contributed by atoms with van der Waals surface area (Å²) in [6.45, 7) is 5.38. The van der Waals surface area contributed by atoms with E-state index in [2.05, 4.69) is 72.4 Å². The SMILES string of the molecule is CCNC(Cc1cccc2ccccc12)c1cscc1C. The van der Waals surface area contributed by atoms with Gasteiger partial charge in [-0.25, -0.2) is 0 Å². The zero-order valence-electron chi connectivity index (χ0n) is 12.6. The van der Waals surface area contributed by atoms with Crippen molar-refractivity contribution in [2.45, 2.75) is 26.3 Å². The molecule has 1 nitrogen and oxygen atoms in total. The molecule has 0 radical (unpaired) electrons. The Morgan fingerprint density at radius 1 is 1.05 bits per heavy atom. The number of nitrogens with one attached hydrogen (secondary N) is 1. The van der Waals surface area contributed by atoms with Crippen LogP contribution in [0.3, 0.4) is 0 Å². The minimum Gasteiger partial charge on any atom is -0.310 e. The molecule has 0 bridgehead atoms. The van der Waals surface area contributed by atoms with Gasteiger partial charge in [0.05, 0.1) is 0 Å². The number of thiophene rings is 1. The maximum absolute atomic E-state index is 3.65. The molecule has 2 aromatic carbocycles. The van der Waals surface area contributed by atoms with Gasteiger partial charge in [0, 0.05) is 6.04 Å².